The maximum atomic E-state index is 12.3. The van der Waals surface area contributed by atoms with E-state index >= 15 is 0 Å². The van der Waals surface area contributed by atoms with Gasteiger partial charge in [-0.1, -0.05) is 12.8 Å². The van der Waals surface area contributed by atoms with E-state index in [9.17, 15) is 9.59 Å². The van der Waals surface area contributed by atoms with Crippen molar-refractivity contribution in [1.29, 1.82) is 0 Å². The fourth-order valence-electron chi connectivity index (χ4n) is 3.42. The van der Waals surface area contributed by atoms with Gasteiger partial charge in [0.2, 0.25) is 11.8 Å². The summed E-state index contributed by atoms with van der Waals surface area (Å²) in [4.78, 5) is 25.1. The number of nitrogens with zero attached hydrogens (tertiary/aromatic N) is 1. The minimum atomic E-state index is -0.761. The van der Waals surface area contributed by atoms with Gasteiger partial charge in [-0.25, -0.2) is 0 Å². The quantitative estimate of drug-likeness (QED) is 0.761. The van der Waals surface area contributed by atoms with E-state index in [0.29, 0.717) is 12.0 Å². The second kappa shape index (κ2) is 5.69. The third kappa shape index (κ3) is 2.83. The van der Waals surface area contributed by atoms with E-state index in [1.54, 1.807) is 0 Å². The minimum absolute atomic E-state index is 0.0489. The van der Waals surface area contributed by atoms with Gasteiger partial charge in [-0.15, -0.1) is 0 Å². The highest BCUT2D eigenvalue weighted by Crippen LogP contribution is 2.35. The number of rotatable bonds is 3. The monoisotopic (exact) mass is 253 g/mol. The summed E-state index contributed by atoms with van der Waals surface area (Å²) in [7, 11) is 0. The highest BCUT2D eigenvalue weighted by atomic mass is 16.2. The third-order valence-corrected chi connectivity index (χ3v) is 4.26. The number of primary amides is 1. The first kappa shape index (κ1) is 13.3. The van der Waals surface area contributed by atoms with Gasteiger partial charge in [0.25, 0.3) is 0 Å². The molecular weight excluding hydrogens is 230 g/mol. The topological polar surface area (TPSA) is 89.4 Å². The summed E-state index contributed by atoms with van der Waals surface area (Å²) in [6.45, 7) is 0.784. The van der Waals surface area contributed by atoms with Crippen LogP contribution in [-0.4, -0.2) is 35.3 Å². The smallest absolute Gasteiger partial charge is 0.240 e. The predicted molar refractivity (Wildman–Crippen MR) is 68.5 cm³/mol. The van der Waals surface area contributed by atoms with Gasteiger partial charge in [-0.2, -0.15) is 0 Å². The molecule has 0 spiro atoms. The van der Waals surface area contributed by atoms with E-state index in [2.05, 4.69) is 0 Å². The Bertz CT molecular complexity index is 330. The first-order chi connectivity index (χ1) is 8.59. The lowest BCUT2D eigenvalue weighted by molar-refractivity contribution is -0.140. The summed E-state index contributed by atoms with van der Waals surface area (Å²) in [5.41, 5.74) is 10.9. The molecule has 1 aliphatic carbocycles. The molecule has 18 heavy (non-hydrogen) atoms. The predicted octanol–water partition coefficient (Wildman–Crippen LogP) is 0.370. The lowest BCUT2D eigenvalue weighted by Crippen LogP contribution is -2.55. The van der Waals surface area contributed by atoms with Crippen LogP contribution in [-0.2, 0) is 9.59 Å². The van der Waals surface area contributed by atoms with Gasteiger partial charge in [0.05, 0.1) is 12.5 Å². The number of likely N-dealkylation sites (tertiary alicyclic amines) is 1. The lowest BCUT2D eigenvalue weighted by atomic mass is 9.78. The van der Waals surface area contributed by atoms with Gasteiger partial charge in [0.1, 0.15) is 0 Å². The summed E-state index contributed by atoms with van der Waals surface area (Å²) in [5.74, 6) is 0.0377. The van der Waals surface area contributed by atoms with Gasteiger partial charge < -0.3 is 16.4 Å². The molecule has 0 radical (unpaired) electrons. The van der Waals surface area contributed by atoms with E-state index in [1.807, 2.05) is 4.90 Å². The molecule has 0 aromatic rings. The summed E-state index contributed by atoms with van der Waals surface area (Å²) in [6, 6.07) is -0.415. The first-order valence-electron chi connectivity index (χ1n) is 6.94. The van der Waals surface area contributed by atoms with Crippen LogP contribution in [0.25, 0.3) is 0 Å². The van der Waals surface area contributed by atoms with Crippen molar-refractivity contribution in [3.05, 3.63) is 0 Å². The van der Waals surface area contributed by atoms with E-state index in [4.69, 9.17) is 11.5 Å². The summed E-state index contributed by atoms with van der Waals surface area (Å²) in [6.07, 6.45) is 6.99. The molecular formula is C13H23N3O2. The largest absolute Gasteiger partial charge is 0.370 e. The summed E-state index contributed by atoms with van der Waals surface area (Å²) >= 11 is 0. The lowest BCUT2D eigenvalue weighted by Gasteiger charge is -2.44. The molecule has 1 saturated carbocycles. The molecule has 0 bridgehead atoms. The zero-order valence-corrected chi connectivity index (χ0v) is 10.8. The second-order valence-electron chi connectivity index (χ2n) is 5.56. The van der Waals surface area contributed by atoms with Crippen molar-refractivity contribution < 1.29 is 9.59 Å². The van der Waals surface area contributed by atoms with E-state index in [0.717, 1.165) is 19.4 Å². The van der Waals surface area contributed by atoms with Crippen LogP contribution in [0.1, 0.15) is 44.9 Å². The van der Waals surface area contributed by atoms with E-state index in [1.165, 1.54) is 25.7 Å². The molecule has 2 aliphatic rings. The number of carbonyl (C=O) groups excluding carboxylic acids is 2. The zero-order valence-electron chi connectivity index (χ0n) is 10.8. The number of carbonyl (C=O) groups is 2. The van der Waals surface area contributed by atoms with Crippen molar-refractivity contribution in [3.63, 3.8) is 0 Å². The van der Waals surface area contributed by atoms with Crippen molar-refractivity contribution in [2.75, 3.05) is 6.54 Å². The maximum absolute atomic E-state index is 12.3. The Kier molecular flexibility index (Phi) is 4.22. The van der Waals surface area contributed by atoms with Crippen molar-refractivity contribution >= 4 is 11.8 Å². The molecule has 3 atom stereocenters. The van der Waals surface area contributed by atoms with Crippen LogP contribution >= 0.6 is 0 Å². The molecule has 1 heterocycles. The summed E-state index contributed by atoms with van der Waals surface area (Å²) in [5, 5.41) is 0. The molecule has 2 rings (SSSR count). The molecule has 1 unspecified atom stereocenters. The maximum Gasteiger partial charge on any atom is 0.240 e. The molecule has 102 valence electrons. The number of fused-ring (bicyclic) bond motifs is 1. The third-order valence-electron chi connectivity index (χ3n) is 4.26. The number of hydrogen-bond acceptors (Lipinski definition) is 3. The highest BCUT2D eigenvalue weighted by molar-refractivity contribution is 5.87. The van der Waals surface area contributed by atoms with Gasteiger partial charge in [-0.3, -0.25) is 9.59 Å². The minimum Gasteiger partial charge on any atom is -0.370 e. The molecule has 5 heteroatoms. The molecule has 1 saturated heterocycles. The van der Waals surface area contributed by atoms with Crippen LogP contribution in [0.3, 0.4) is 0 Å². The normalized spacial score (nSPS) is 29.5. The van der Waals surface area contributed by atoms with Crippen molar-refractivity contribution in [2.45, 2.75) is 57.0 Å². The van der Waals surface area contributed by atoms with E-state index in [-0.39, 0.29) is 12.3 Å². The second-order valence-corrected chi connectivity index (χ2v) is 5.56. The van der Waals surface area contributed by atoms with Crippen LogP contribution in [0.5, 0.6) is 0 Å². The Labute approximate surface area is 108 Å². The van der Waals surface area contributed by atoms with Crippen LogP contribution in [0, 0.1) is 5.92 Å². The Morgan fingerprint density at radius 1 is 1.17 bits per heavy atom. The van der Waals surface area contributed by atoms with Gasteiger partial charge >= 0.3 is 0 Å². The Morgan fingerprint density at radius 3 is 2.56 bits per heavy atom. The zero-order chi connectivity index (χ0) is 13.1. The van der Waals surface area contributed by atoms with Crippen molar-refractivity contribution in [3.8, 4) is 0 Å². The fourth-order valence-corrected chi connectivity index (χ4v) is 3.42. The highest BCUT2D eigenvalue weighted by Gasteiger charge is 2.37. The average molecular weight is 253 g/mol. The fraction of sp³-hybridized carbons (Fsp3) is 0.846. The van der Waals surface area contributed by atoms with Crippen LogP contribution < -0.4 is 11.5 Å². The number of hydrogen-bond donors (Lipinski definition) is 2. The van der Waals surface area contributed by atoms with Crippen LogP contribution in [0.15, 0.2) is 0 Å². The van der Waals surface area contributed by atoms with E-state index < -0.39 is 11.9 Å². The molecule has 2 amide bonds. The van der Waals surface area contributed by atoms with Crippen LogP contribution in [0.2, 0.25) is 0 Å². The first-order valence-corrected chi connectivity index (χ1v) is 6.94. The Balaban J connectivity index is 2.01. The van der Waals surface area contributed by atoms with Crippen LogP contribution in [0.4, 0.5) is 0 Å². The molecule has 5 nitrogen and oxygen atoms in total. The molecule has 0 aromatic carbocycles. The van der Waals surface area contributed by atoms with Gasteiger partial charge in [0.15, 0.2) is 0 Å². The average Bonchev–Trinajstić information content (AvgIpc) is 2.36. The van der Waals surface area contributed by atoms with Gasteiger partial charge in [0, 0.05) is 12.6 Å². The number of amides is 2. The molecule has 0 aromatic heterocycles. The number of piperidine rings is 1. The summed E-state index contributed by atoms with van der Waals surface area (Å²) < 4.78 is 0. The number of nitrogens with two attached hydrogens (primary N) is 2. The molecule has 2 fully saturated rings. The standard InChI is InChI=1S/C13H23N3O2/c14-10(8-12(15)17)13(18)16-7-3-5-9-4-1-2-6-11(9)16/h9-11H,1-8,14H2,(H2,15,17)/t9-,10?,11-/m1/s1. The Hall–Kier alpha value is -1.10. The SMILES string of the molecule is NC(=O)CC(N)C(=O)N1CCC[C@H]2CCCC[C@H]21. The molecule has 1 aliphatic heterocycles. The Morgan fingerprint density at radius 2 is 1.83 bits per heavy atom. The van der Waals surface area contributed by atoms with Crippen molar-refractivity contribution in [1.82, 2.24) is 4.90 Å². The molecule has 4 N–H and O–H groups in total. The van der Waals surface area contributed by atoms with Crippen molar-refractivity contribution in [2.24, 2.45) is 17.4 Å². The van der Waals surface area contributed by atoms with Gasteiger partial charge in [-0.05, 0) is 31.6 Å².